The third-order valence-corrected chi connectivity index (χ3v) is 3.58. The first-order chi connectivity index (χ1) is 8.97. The van der Waals surface area contributed by atoms with Gasteiger partial charge in [0.2, 0.25) is 0 Å². The van der Waals surface area contributed by atoms with Gasteiger partial charge in [-0.05, 0) is 50.8 Å². The average Bonchev–Trinajstić information content (AvgIpc) is 2.30. The van der Waals surface area contributed by atoms with E-state index in [-0.39, 0.29) is 6.04 Å². The molecule has 5 nitrogen and oxygen atoms in total. The minimum atomic E-state index is -0.953. The van der Waals surface area contributed by atoms with Crippen LogP contribution in [-0.2, 0) is 6.42 Å². The van der Waals surface area contributed by atoms with E-state index in [9.17, 15) is 15.0 Å². The van der Waals surface area contributed by atoms with Gasteiger partial charge in [0.25, 0.3) is 0 Å². The predicted molar refractivity (Wildman–Crippen MR) is 71.2 cm³/mol. The molecule has 2 heterocycles. The third kappa shape index (κ3) is 3.23. The lowest BCUT2D eigenvalue weighted by Gasteiger charge is -2.37. The summed E-state index contributed by atoms with van der Waals surface area (Å²) in [5.74, 6) is 0. The summed E-state index contributed by atoms with van der Waals surface area (Å²) in [4.78, 5) is 16.9. The molecule has 2 rings (SSSR count). The highest BCUT2D eigenvalue weighted by Gasteiger charge is 2.33. The van der Waals surface area contributed by atoms with E-state index in [1.54, 1.807) is 0 Å². The molecule has 1 saturated heterocycles. The van der Waals surface area contributed by atoms with Crippen LogP contribution in [0.2, 0.25) is 0 Å². The normalized spacial score (nSPS) is 23.4. The molecule has 1 aromatic rings. The molecule has 0 spiro atoms. The maximum absolute atomic E-state index is 11.2. The molecule has 104 valence electrons. The number of likely N-dealkylation sites (tertiary alicyclic amines) is 1. The Morgan fingerprint density at radius 1 is 1.42 bits per heavy atom. The Balaban J connectivity index is 2.20. The summed E-state index contributed by atoms with van der Waals surface area (Å²) in [5, 5.41) is 19.3. The largest absolute Gasteiger partial charge is 0.465 e. The molecule has 1 unspecified atom stereocenters. The molecular weight excluding hydrogens is 244 g/mol. The van der Waals surface area contributed by atoms with Crippen molar-refractivity contribution < 1.29 is 15.0 Å². The van der Waals surface area contributed by atoms with Crippen molar-refractivity contribution in [2.24, 2.45) is 0 Å². The Labute approximate surface area is 112 Å². The monoisotopic (exact) mass is 264 g/mol. The van der Waals surface area contributed by atoms with E-state index in [2.05, 4.69) is 4.98 Å². The number of nitrogens with zero attached hydrogens (tertiary/aromatic N) is 2. The van der Waals surface area contributed by atoms with Crippen LogP contribution in [0.5, 0.6) is 0 Å². The number of pyridine rings is 1. The van der Waals surface area contributed by atoms with Gasteiger partial charge in [-0.2, -0.15) is 0 Å². The van der Waals surface area contributed by atoms with Gasteiger partial charge in [0.15, 0.2) is 0 Å². The fourth-order valence-corrected chi connectivity index (χ4v) is 2.80. The molecule has 0 aromatic carbocycles. The topological polar surface area (TPSA) is 73.7 Å². The van der Waals surface area contributed by atoms with Crippen molar-refractivity contribution in [3.63, 3.8) is 0 Å². The number of hydrogen-bond donors (Lipinski definition) is 2. The maximum atomic E-state index is 11.2. The fourth-order valence-electron chi connectivity index (χ4n) is 2.80. The lowest BCUT2D eigenvalue weighted by Crippen LogP contribution is -2.51. The van der Waals surface area contributed by atoms with Crippen LogP contribution in [0.1, 0.15) is 29.8 Å². The van der Waals surface area contributed by atoms with Crippen molar-refractivity contribution in [3.05, 3.63) is 29.1 Å². The molecule has 0 bridgehead atoms. The second-order valence-electron chi connectivity index (χ2n) is 5.22. The SMILES string of the molecule is Cc1cc(CC2[C@@H](O)CCCN2C(=O)O)cc(C)n1. The van der Waals surface area contributed by atoms with Crippen LogP contribution in [0.3, 0.4) is 0 Å². The lowest BCUT2D eigenvalue weighted by molar-refractivity contribution is 0.0164. The van der Waals surface area contributed by atoms with Crippen molar-refractivity contribution >= 4 is 6.09 Å². The van der Waals surface area contributed by atoms with Gasteiger partial charge in [-0.25, -0.2) is 4.79 Å². The summed E-state index contributed by atoms with van der Waals surface area (Å²) in [6.07, 6.45) is 0.387. The van der Waals surface area contributed by atoms with Crippen molar-refractivity contribution in [2.45, 2.75) is 45.3 Å². The van der Waals surface area contributed by atoms with E-state index < -0.39 is 12.2 Å². The van der Waals surface area contributed by atoms with Crippen LogP contribution in [0, 0.1) is 13.8 Å². The van der Waals surface area contributed by atoms with Crippen molar-refractivity contribution in [2.75, 3.05) is 6.54 Å². The smallest absolute Gasteiger partial charge is 0.407 e. The molecule has 1 amide bonds. The number of amides is 1. The molecule has 0 radical (unpaired) electrons. The predicted octanol–water partition coefficient (Wildman–Crippen LogP) is 1.74. The highest BCUT2D eigenvalue weighted by molar-refractivity contribution is 5.65. The number of carboxylic acid groups (broad SMARTS) is 1. The number of hydrogen-bond acceptors (Lipinski definition) is 3. The molecule has 2 N–H and O–H groups in total. The number of aliphatic hydroxyl groups is 1. The molecule has 1 fully saturated rings. The summed E-state index contributed by atoms with van der Waals surface area (Å²) in [6, 6.07) is 3.55. The number of aryl methyl sites for hydroxylation is 2. The molecular formula is C14H20N2O3. The summed E-state index contributed by atoms with van der Waals surface area (Å²) >= 11 is 0. The highest BCUT2D eigenvalue weighted by Crippen LogP contribution is 2.22. The Bertz CT molecular complexity index is 456. The van der Waals surface area contributed by atoms with Crippen LogP contribution >= 0.6 is 0 Å². The number of rotatable bonds is 2. The molecule has 2 atom stereocenters. The van der Waals surface area contributed by atoms with Gasteiger partial charge in [-0.3, -0.25) is 4.98 Å². The van der Waals surface area contributed by atoms with E-state index in [0.717, 1.165) is 23.4 Å². The number of carbonyl (C=O) groups is 1. The Hall–Kier alpha value is -1.62. The maximum Gasteiger partial charge on any atom is 0.407 e. The van der Waals surface area contributed by atoms with Gasteiger partial charge in [-0.1, -0.05) is 0 Å². The van der Waals surface area contributed by atoms with E-state index in [1.807, 2.05) is 26.0 Å². The Kier molecular flexibility index (Phi) is 4.04. The summed E-state index contributed by atoms with van der Waals surface area (Å²) in [5.41, 5.74) is 2.87. The van der Waals surface area contributed by atoms with Crippen LogP contribution in [-0.4, -0.2) is 44.9 Å². The van der Waals surface area contributed by atoms with Gasteiger partial charge in [0.05, 0.1) is 12.1 Å². The van der Waals surface area contributed by atoms with Gasteiger partial charge in [0, 0.05) is 17.9 Å². The summed E-state index contributed by atoms with van der Waals surface area (Å²) in [7, 11) is 0. The molecule has 19 heavy (non-hydrogen) atoms. The van der Waals surface area contributed by atoms with E-state index in [1.165, 1.54) is 4.90 Å². The molecule has 1 aliphatic rings. The van der Waals surface area contributed by atoms with Crippen molar-refractivity contribution in [1.29, 1.82) is 0 Å². The van der Waals surface area contributed by atoms with Crippen LogP contribution in [0.4, 0.5) is 4.79 Å². The Morgan fingerprint density at radius 3 is 2.63 bits per heavy atom. The first-order valence-electron chi connectivity index (χ1n) is 6.59. The molecule has 0 aliphatic carbocycles. The molecule has 1 aromatic heterocycles. The number of piperidine rings is 1. The van der Waals surface area contributed by atoms with Crippen LogP contribution in [0.25, 0.3) is 0 Å². The lowest BCUT2D eigenvalue weighted by atomic mass is 9.93. The Morgan fingerprint density at radius 2 is 2.05 bits per heavy atom. The standard InChI is InChI=1S/C14H20N2O3/c1-9-6-11(7-10(2)15-9)8-12-13(17)4-3-5-16(12)14(18)19/h6-7,12-13,17H,3-5,8H2,1-2H3,(H,18,19)/t12?,13-/m0/s1. The van der Waals surface area contributed by atoms with Crippen LogP contribution < -0.4 is 0 Å². The first-order valence-corrected chi connectivity index (χ1v) is 6.59. The van der Waals surface area contributed by atoms with Gasteiger partial charge < -0.3 is 15.1 Å². The van der Waals surface area contributed by atoms with Gasteiger partial charge >= 0.3 is 6.09 Å². The highest BCUT2D eigenvalue weighted by atomic mass is 16.4. The molecule has 5 heteroatoms. The van der Waals surface area contributed by atoms with Gasteiger partial charge in [0.1, 0.15) is 0 Å². The van der Waals surface area contributed by atoms with E-state index in [4.69, 9.17) is 0 Å². The summed E-state index contributed by atoms with van der Waals surface area (Å²) in [6.45, 7) is 4.34. The third-order valence-electron chi connectivity index (χ3n) is 3.58. The fraction of sp³-hybridized carbons (Fsp3) is 0.571. The molecule has 1 aliphatic heterocycles. The van der Waals surface area contributed by atoms with Crippen LogP contribution in [0.15, 0.2) is 12.1 Å². The minimum absolute atomic E-state index is 0.354. The van der Waals surface area contributed by atoms with Crippen molar-refractivity contribution in [1.82, 2.24) is 9.88 Å². The second kappa shape index (κ2) is 5.57. The zero-order valence-corrected chi connectivity index (χ0v) is 11.3. The summed E-state index contributed by atoms with van der Waals surface area (Å²) < 4.78 is 0. The number of aromatic nitrogens is 1. The average molecular weight is 264 g/mol. The van der Waals surface area contributed by atoms with E-state index in [0.29, 0.717) is 19.4 Å². The van der Waals surface area contributed by atoms with E-state index >= 15 is 0 Å². The van der Waals surface area contributed by atoms with Gasteiger partial charge in [-0.15, -0.1) is 0 Å². The zero-order valence-electron chi connectivity index (χ0n) is 11.3. The second-order valence-corrected chi connectivity index (χ2v) is 5.22. The first kappa shape index (κ1) is 13.8. The quantitative estimate of drug-likeness (QED) is 0.853. The molecule has 0 saturated carbocycles. The number of aliphatic hydroxyl groups excluding tert-OH is 1. The minimum Gasteiger partial charge on any atom is -0.465 e. The zero-order chi connectivity index (χ0) is 14.0. The van der Waals surface area contributed by atoms with Crippen molar-refractivity contribution in [3.8, 4) is 0 Å².